The van der Waals surface area contributed by atoms with E-state index in [4.69, 9.17) is 4.99 Å². The number of rotatable bonds is 2. The van der Waals surface area contributed by atoms with Crippen molar-refractivity contribution in [3.8, 4) is 0 Å². The van der Waals surface area contributed by atoms with Gasteiger partial charge in [0.15, 0.2) is 11.0 Å². The minimum absolute atomic E-state index is 0.136. The summed E-state index contributed by atoms with van der Waals surface area (Å²) in [5.74, 6) is 0.136. The Morgan fingerprint density at radius 3 is 2.70 bits per heavy atom. The van der Waals surface area contributed by atoms with Crippen molar-refractivity contribution in [1.82, 2.24) is 9.88 Å². The van der Waals surface area contributed by atoms with Crippen LogP contribution in [0.3, 0.4) is 0 Å². The van der Waals surface area contributed by atoms with Crippen LogP contribution in [-0.2, 0) is 0 Å². The first-order valence-electron chi connectivity index (χ1n) is 8.45. The molecule has 0 aromatic carbocycles. The molecule has 1 aromatic heterocycles. The average molecular weight is 329 g/mol. The third-order valence-corrected chi connectivity index (χ3v) is 6.34. The van der Waals surface area contributed by atoms with Gasteiger partial charge in [-0.25, -0.2) is 0 Å². The molecule has 0 amide bonds. The van der Waals surface area contributed by atoms with Gasteiger partial charge < -0.3 is 9.88 Å². The molecule has 5 heteroatoms. The molecule has 23 heavy (non-hydrogen) atoms. The fourth-order valence-corrected chi connectivity index (χ4v) is 5.48. The van der Waals surface area contributed by atoms with E-state index in [1.165, 1.54) is 36.3 Å². The summed E-state index contributed by atoms with van der Waals surface area (Å²) in [7, 11) is 0. The summed E-state index contributed by atoms with van der Waals surface area (Å²) in [6.07, 6.45) is 5.01. The molecule has 1 saturated carbocycles. The molecule has 0 bridgehead atoms. The first-order valence-corrected chi connectivity index (χ1v) is 9.27. The maximum Gasteiger partial charge on any atom is 0.169 e. The van der Waals surface area contributed by atoms with Crippen molar-refractivity contribution < 1.29 is 4.79 Å². The summed E-state index contributed by atoms with van der Waals surface area (Å²) in [5, 5.41) is 1.16. The zero-order valence-electron chi connectivity index (χ0n) is 14.2. The summed E-state index contributed by atoms with van der Waals surface area (Å²) in [4.78, 5) is 24.2. The first kappa shape index (κ1) is 15.1. The molecule has 1 aromatic rings. The minimum atomic E-state index is 0.136. The fourth-order valence-electron chi connectivity index (χ4n) is 4.39. The van der Waals surface area contributed by atoms with Crippen LogP contribution >= 0.6 is 11.8 Å². The van der Waals surface area contributed by atoms with Crippen molar-refractivity contribution >= 4 is 28.4 Å². The number of allylic oxidation sites excluding steroid dienone is 1. The van der Waals surface area contributed by atoms with Crippen molar-refractivity contribution in [2.75, 3.05) is 0 Å². The second kappa shape index (κ2) is 5.26. The lowest BCUT2D eigenvalue weighted by Gasteiger charge is -2.32. The largest absolute Gasteiger partial charge is 0.357 e. The Kier molecular flexibility index (Phi) is 3.45. The molecule has 0 saturated heterocycles. The lowest BCUT2D eigenvalue weighted by molar-refractivity contribution is 0.101. The monoisotopic (exact) mass is 329 g/mol. The zero-order valence-corrected chi connectivity index (χ0v) is 15.0. The van der Waals surface area contributed by atoms with Gasteiger partial charge in [-0.15, -0.1) is 0 Å². The van der Waals surface area contributed by atoms with Gasteiger partial charge in [-0.3, -0.25) is 9.79 Å². The quantitative estimate of drug-likeness (QED) is 0.825. The number of thioether (sulfide) groups is 1. The normalized spacial score (nSPS) is 26.4. The second-order valence-corrected chi connectivity index (χ2v) is 8.07. The molecule has 2 aliphatic heterocycles. The molecular formula is C18H23N3OS. The first-order chi connectivity index (χ1) is 11.0. The molecule has 1 fully saturated rings. The highest BCUT2D eigenvalue weighted by Gasteiger charge is 2.44. The van der Waals surface area contributed by atoms with E-state index < -0.39 is 0 Å². The number of nitrogens with one attached hydrogen (secondary N) is 1. The standard InChI is InChI=1S/C18H23N3OS/c1-9-15(11(3)22)10(2)19-16(9)17-12(4)23-18-20-13-7-5-6-8-14(13)21(17)18/h13-14,19H,5-8H2,1-4H3/t13-,14+/m0/s1. The molecule has 0 spiro atoms. The number of aromatic nitrogens is 1. The molecule has 4 nitrogen and oxygen atoms in total. The topological polar surface area (TPSA) is 48.5 Å². The number of carbonyl (C=O) groups is 1. The Morgan fingerprint density at radius 2 is 2.00 bits per heavy atom. The van der Waals surface area contributed by atoms with E-state index in [-0.39, 0.29) is 5.78 Å². The Balaban J connectivity index is 1.80. The van der Waals surface area contributed by atoms with Crippen molar-refractivity contribution in [1.29, 1.82) is 0 Å². The molecule has 0 radical (unpaired) electrons. The highest BCUT2D eigenvalue weighted by Crippen LogP contribution is 2.48. The lowest BCUT2D eigenvalue weighted by Crippen LogP contribution is -2.38. The van der Waals surface area contributed by atoms with Crippen LogP contribution in [0.1, 0.15) is 66.8 Å². The number of hydrogen-bond donors (Lipinski definition) is 1. The maximum atomic E-state index is 12.0. The number of Topliss-reactive ketones (excluding diaryl/α,β-unsaturated/α-hetero) is 1. The van der Waals surface area contributed by atoms with E-state index in [0.29, 0.717) is 12.1 Å². The number of H-pyrrole nitrogens is 1. The third-order valence-electron chi connectivity index (χ3n) is 5.35. The molecule has 0 unspecified atom stereocenters. The minimum Gasteiger partial charge on any atom is -0.357 e. The molecule has 1 N–H and O–H groups in total. The van der Waals surface area contributed by atoms with Gasteiger partial charge in [0.2, 0.25) is 0 Å². The highest BCUT2D eigenvalue weighted by atomic mass is 32.2. The van der Waals surface area contributed by atoms with E-state index in [0.717, 1.165) is 27.7 Å². The van der Waals surface area contributed by atoms with E-state index >= 15 is 0 Å². The Morgan fingerprint density at radius 1 is 1.26 bits per heavy atom. The number of aliphatic imine (C=N–C) groups is 1. The summed E-state index contributed by atoms with van der Waals surface area (Å²) >= 11 is 1.79. The van der Waals surface area contributed by atoms with Crippen LogP contribution in [0.15, 0.2) is 9.90 Å². The number of carbonyl (C=O) groups excluding carboxylic acids is 1. The molecule has 1 aliphatic carbocycles. The molecule has 2 atom stereocenters. The van der Waals surface area contributed by atoms with Gasteiger partial charge in [0.05, 0.1) is 23.5 Å². The number of ketones is 1. The van der Waals surface area contributed by atoms with Gasteiger partial charge in [-0.05, 0) is 46.1 Å². The third kappa shape index (κ3) is 2.12. The number of aryl methyl sites for hydroxylation is 1. The summed E-state index contributed by atoms with van der Waals surface area (Å²) in [6, 6.07) is 0.959. The predicted octanol–water partition coefficient (Wildman–Crippen LogP) is 4.25. The van der Waals surface area contributed by atoms with Crippen LogP contribution in [0.25, 0.3) is 5.70 Å². The van der Waals surface area contributed by atoms with Crippen molar-refractivity contribution in [3.63, 3.8) is 0 Å². The van der Waals surface area contributed by atoms with Crippen LogP contribution in [0.4, 0.5) is 0 Å². The van der Waals surface area contributed by atoms with Crippen molar-refractivity contribution in [2.45, 2.75) is 65.5 Å². The van der Waals surface area contributed by atoms with Crippen LogP contribution in [0.5, 0.6) is 0 Å². The van der Waals surface area contributed by atoms with E-state index in [1.54, 1.807) is 18.7 Å². The van der Waals surface area contributed by atoms with Crippen LogP contribution in [0, 0.1) is 13.8 Å². The number of aromatic amines is 1. The predicted molar refractivity (Wildman–Crippen MR) is 95.8 cm³/mol. The molecule has 4 rings (SSSR count). The van der Waals surface area contributed by atoms with Gasteiger partial charge in [0.1, 0.15) is 0 Å². The summed E-state index contributed by atoms with van der Waals surface area (Å²) in [6.45, 7) is 7.87. The molecule has 3 heterocycles. The van der Waals surface area contributed by atoms with Gasteiger partial charge in [-0.2, -0.15) is 0 Å². The van der Waals surface area contributed by atoms with E-state index in [1.807, 2.05) is 6.92 Å². The molecule has 122 valence electrons. The van der Waals surface area contributed by atoms with Crippen LogP contribution in [0.2, 0.25) is 0 Å². The van der Waals surface area contributed by atoms with Gasteiger partial charge >= 0.3 is 0 Å². The maximum absolute atomic E-state index is 12.0. The van der Waals surface area contributed by atoms with E-state index in [2.05, 4.69) is 23.7 Å². The fraction of sp³-hybridized carbons (Fsp3) is 0.556. The van der Waals surface area contributed by atoms with Crippen molar-refractivity contribution in [3.05, 3.63) is 27.4 Å². The second-order valence-electron chi connectivity index (χ2n) is 6.89. The highest BCUT2D eigenvalue weighted by molar-refractivity contribution is 8.17. The Bertz CT molecular complexity index is 759. The van der Waals surface area contributed by atoms with Crippen LogP contribution < -0.4 is 0 Å². The van der Waals surface area contributed by atoms with Gasteiger partial charge in [-0.1, -0.05) is 24.6 Å². The zero-order chi connectivity index (χ0) is 16.3. The number of nitrogens with zero attached hydrogens (tertiary/aromatic N) is 2. The van der Waals surface area contributed by atoms with Crippen molar-refractivity contribution in [2.24, 2.45) is 4.99 Å². The lowest BCUT2D eigenvalue weighted by atomic mass is 9.90. The smallest absolute Gasteiger partial charge is 0.169 e. The Hall–Kier alpha value is -1.49. The summed E-state index contributed by atoms with van der Waals surface area (Å²) in [5.41, 5.74) is 5.24. The molecule has 3 aliphatic rings. The van der Waals surface area contributed by atoms with E-state index in [9.17, 15) is 4.79 Å². The Labute approximate surface area is 141 Å². The number of fused-ring (bicyclic) bond motifs is 3. The van der Waals surface area contributed by atoms with Gasteiger partial charge in [0.25, 0.3) is 0 Å². The summed E-state index contributed by atoms with van der Waals surface area (Å²) < 4.78 is 0. The SMILES string of the molecule is CC(=O)c1c(C)[nH]c(C2=C(C)SC3=N[C@H]4CCCC[C@H]4N32)c1C. The number of hydrogen-bond acceptors (Lipinski definition) is 4. The molecular weight excluding hydrogens is 306 g/mol. The van der Waals surface area contributed by atoms with Crippen LogP contribution in [-0.4, -0.2) is 32.9 Å². The number of amidine groups is 1. The van der Waals surface area contributed by atoms with Gasteiger partial charge in [0, 0.05) is 16.2 Å². The average Bonchev–Trinajstić information content (AvgIpc) is 3.08.